The van der Waals surface area contributed by atoms with Crippen LogP contribution >= 0.6 is 12.2 Å². The molecule has 0 unspecified atom stereocenters. The van der Waals surface area contributed by atoms with Gasteiger partial charge in [0.2, 0.25) is 0 Å². The fraction of sp³-hybridized carbons (Fsp3) is 0.238. The molecule has 27 heavy (non-hydrogen) atoms. The second kappa shape index (κ2) is 8.79. The van der Waals surface area contributed by atoms with E-state index in [-0.39, 0.29) is 12.2 Å². The lowest BCUT2D eigenvalue weighted by molar-refractivity contribution is 0.245. The fourth-order valence-corrected chi connectivity index (χ4v) is 3.17. The second-order valence-electron chi connectivity index (χ2n) is 6.50. The van der Waals surface area contributed by atoms with Gasteiger partial charge in [-0.1, -0.05) is 42.5 Å². The minimum atomic E-state index is -0.137. The first-order valence-corrected chi connectivity index (χ1v) is 9.28. The molecule has 0 aliphatic carbocycles. The highest BCUT2D eigenvalue weighted by atomic mass is 32.1. The van der Waals surface area contributed by atoms with Crippen LogP contribution in [0.4, 0.5) is 0 Å². The molecule has 6 heteroatoms. The van der Waals surface area contributed by atoms with Gasteiger partial charge >= 0.3 is 0 Å². The lowest BCUT2D eigenvalue weighted by Crippen LogP contribution is -2.41. The van der Waals surface area contributed by atoms with Gasteiger partial charge in [-0.2, -0.15) is 0 Å². The number of rotatable bonds is 6. The first-order chi connectivity index (χ1) is 13.1. The summed E-state index contributed by atoms with van der Waals surface area (Å²) in [6.07, 6.45) is 0. The average molecular weight is 382 g/mol. The Bertz CT molecular complexity index is 986. The zero-order valence-electron chi connectivity index (χ0n) is 15.2. The Kier molecular flexibility index (Phi) is 6.21. The van der Waals surface area contributed by atoms with Crippen LogP contribution in [0.1, 0.15) is 16.7 Å². The molecular formula is C21H23N3O2S. The summed E-state index contributed by atoms with van der Waals surface area (Å²) >= 11 is 5.49. The van der Waals surface area contributed by atoms with Gasteiger partial charge in [0.15, 0.2) is 5.11 Å². The van der Waals surface area contributed by atoms with E-state index in [9.17, 15) is 9.90 Å². The molecule has 1 heterocycles. The molecule has 0 amide bonds. The van der Waals surface area contributed by atoms with Gasteiger partial charge in [0.25, 0.3) is 5.56 Å². The summed E-state index contributed by atoms with van der Waals surface area (Å²) in [5, 5.41) is 14.1. The van der Waals surface area contributed by atoms with Crippen LogP contribution in [0.5, 0.6) is 0 Å². The number of aliphatic hydroxyl groups excluding tert-OH is 1. The third kappa shape index (κ3) is 4.93. The number of pyridine rings is 1. The summed E-state index contributed by atoms with van der Waals surface area (Å²) < 4.78 is 0. The largest absolute Gasteiger partial charge is 0.395 e. The molecule has 3 rings (SSSR count). The number of aliphatic hydroxyl groups is 1. The monoisotopic (exact) mass is 381 g/mol. The van der Waals surface area contributed by atoms with Gasteiger partial charge in [0.05, 0.1) is 13.2 Å². The van der Waals surface area contributed by atoms with E-state index in [4.69, 9.17) is 12.2 Å². The van der Waals surface area contributed by atoms with E-state index in [1.54, 1.807) is 0 Å². The molecule has 0 bridgehead atoms. The van der Waals surface area contributed by atoms with Crippen molar-refractivity contribution in [2.24, 2.45) is 0 Å². The predicted molar refractivity (Wildman–Crippen MR) is 113 cm³/mol. The summed E-state index contributed by atoms with van der Waals surface area (Å²) in [7, 11) is 0. The maximum absolute atomic E-state index is 12.5. The number of H-pyrrole nitrogens is 1. The highest BCUT2D eigenvalue weighted by Gasteiger charge is 2.13. The first kappa shape index (κ1) is 19.1. The van der Waals surface area contributed by atoms with E-state index < -0.39 is 0 Å². The number of aromatic amines is 1. The van der Waals surface area contributed by atoms with Crippen LogP contribution < -0.4 is 10.9 Å². The Labute approximate surface area is 163 Å². The minimum absolute atomic E-state index is 0.0438. The molecule has 3 N–H and O–H groups in total. The molecule has 0 spiro atoms. The molecule has 2 aromatic carbocycles. The molecule has 3 aromatic rings. The molecule has 0 aliphatic rings. The smallest absolute Gasteiger partial charge is 0.253 e. The standard InChI is InChI=1S/C21H23N3O2S/c1-15-7-8-17-12-18(20(26)23-19(17)11-15)14-24(9-10-25)21(27)22-13-16-5-3-2-4-6-16/h2-8,11-12,25H,9-10,13-14H2,1H3,(H,22,27)(H,23,26). The number of fused-ring (bicyclic) bond motifs is 1. The Balaban J connectivity index is 1.76. The average Bonchev–Trinajstić information content (AvgIpc) is 2.67. The van der Waals surface area contributed by atoms with Crippen molar-refractivity contribution in [1.29, 1.82) is 0 Å². The van der Waals surface area contributed by atoms with Crippen molar-refractivity contribution in [3.8, 4) is 0 Å². The number of thiocarbonyl (C=S) groups is 1. The summed E-state index contributed by atoms with van der Waals surface area (Å²) in [6.45, 7) is 3.23. The van der Waals surface area contributed by atoms with Crippen LogP contribution in [0.25, 0.3) is 10.9 Å². The number of aryl methyl sites for hydroxylation is 1. The van der Waals surface area contributed by atoms with E-state index in [0.717, 1.165) is 22.0 Å². The van der Waals surface area contributed by atoms with Gasteiger partial charge in [0, 0.05) is 24.2 Å². The fourth-order valence-electron chi connectivity index (χ4n) is 2.94. The van der Waals surface area contributed by atoms with Gasteiger partial charge in [-0.05, 0) is 47.8 Å². The highest BCUT2D eigenvalue weighted by molar-refractivity contribution is 7.80. The summed E-state index contributed by atoms with van der Waals surface area (Å²) in [4.78, 5) is 17.2. The number of aromatic nitrogens is 1. The Morgan fingerprint density at radius 2 is 1.96 bits per heavy atom. The number of hydrogen-bond acceptors (Lipinski definition) is 3. The third-order valence-corrected chi connectivity index (χ3v) is 4.79. The highest BCUT2D eigenvalue weighted by Crippen LogP contribution is 2.14. The third-order valence-electron chi connectivity index (χ3n) is 4.38. The van der Waals surface area contributed by atoms with Crippen molar-refractivity contribution in [2.45, 2.75) is 20.0 Å². The minimum Gasteiger partial charge on any atom is -0.395 e. The Hall–Kier alpha value is -2.70. The van der Waals surface area contributed by atoms with Crippen LogP contribution in [0, 0.1) is 6.92 Å². The molecule has 0 aliphatic heterocycles. The van der Waals surface area contributed by atoms with Crippen LogP contribution in [0.3, 0.4) is 0 Å². The predicted octanol–water partition coefficient (Wildman–Crippen LogP) is 2.71. The van der Waals surface area contributed by atoms with E-state index in [2.05, 4.69) is 10.3 Å². The molecule has 5 nitrogen and oxygen atoms in total. The van der Waals surface area contributed by atoms with Crippen molar-refractivity contribution in [1.82, 2.24) is 15.2 Å². The van der Waals surface area contributed by atoms with E-state index in [0.29, 0.717) is 30.3 Å². The number of hydrogen-bond donors (Lipinski definition) is 3. The molecule has 0 saturated heterocycles. The van der Waals surface area contributed by atoms with E-state index in [1.807, 2.05) is 66.4 Å². The molecule has 1 aromatic heterocycles. The van der Waals surface area contributed by atoms with Crippen molar-refractivity contribution in [3.63, 3.8) is 0 Å². The van der Waals surface area contributed by atoms with Crippen molar-refractivity contribution < 1.29 is 5.11 Å². The molecule has 0 saturated carbocycles. The molecule has 0 fully saturated rings. The molecular weight excluding hydrogens is 358 g/mol. The van der Waals surface area contributed by atoms with Crippen LogP contribution in [-0.2, 0) is 13.1 Å². The maximum atomic E-state index is 12.5. The zero-order valence-corrected chi connectivity index (χ0v) is 16.1. The lowest BCUT2D eigenvalue weighted by atomic mass is 10.1. The Morgan fingerprint density at radius 1 is 1.19 bits per heavy atom. The van der Waals surface area contributed by atoms with E-state index in [1.165, 1.54) is 0 Å². The zero-order chi connectivity index (χ0) is 19.2. The van der Waals surface area contributed by atoms with Crippen molar-refractivity contribution >= 4 is 28.2 Å². The van der Waals surface area contributed by atoms with Gasteiger partial charge in [-0.15, -0.1) is 0 Å². The summed E-state index contributed by atoms with van der Waals surface area (Å²) in [5.41, 5.74) is 3.51. The number of benzene rings is 2. The van der Waals surface area contributed by atoms with Crippen molar-refractivity contribution in [2.75, 3.05) is 13.2 Å². The SMILES string of the molecule is Cc1ccc2cc(CN(CCO)C(=S)NCc3ccccc3)c(=O)[nH]c2c1. The van der Waals surface area contributed by atoms with E-state index >= 15 is 0 Å². The number of nitrogens with zero attached hydrogens (tertiary/aromatic N) is 1. The van der Waals surface area contributed by atoms with Gasteiger partial charge < -0.3 is 20.3 Å². The topological polar surface area (TPSA) is 68.4 Å². The van der Waals surface area contributed by atoms with Crippen LogP contribution in [-0.4, -0.2) is 33.3 Å². The van der Waals surface area contributed by atoms with Crippen LogP contribution in [0.2, 0.25) is 0 Å². The quantitative estimate of drug-likeness (QED) is 0.573. The Morgan fingerprint density at radius 3 is 2.70 bits per heavy atom. The number of nitrogens with one attached hydrogen (secondary N) is 2. The lowest BCUT2D eigenvalue weighted by Gasteiger charge is -2.25. The molecule has 0 radical (unpaired) electrons. The van der Waals surface area contributed by atoms with Gasteiger partial charge in [-0.25, -0.2) is 0 Å². The summed E-state index contributed by atoms with van der Waals surface area (Å²) in [5.74, 6) is 0. The van der Waals surface area contributed by atoms with Gasteiger partial charge in [-0.3, -0.25) is 4.79 Å². The normalized spacial score (nSPS) is 10.7. The van der Waals surface area contributed by atoms with Crippen molar-refractivity contribution in [3.05, 3.63) is 81.6 Å². The molecule has 140 valence electrons. The summed E-state index contributed by atoms with van der Waals surface area (Å²) in [6, 6.07) is 17.8. The van der Waals surface area contributed by atoms with Gasteiger partial charge in [0.1, 0.15) is 0 Å². The van der Waals surface area contributed by atoms with Crippen LogP contribution in [0.15, 0.2) is 59.4 Å². The first-order valence-electron chi connectivity index (χ1n) is 8.87. The molecule has 0 atom stereocenters. The maximum Gasteiger partial charge on any atom is 0.253 e. The second-order valence-corrected chi connectivity index (χ2v) is 6.89.